The lowest BCUT2D eigenvalue weighted by molar-refractivity contribution is 0.905. The second-order valence-corrected chi connectivity index (χ2v) is 4.62. The summed E-state index contributed by atoms with van der Waals surface area (Å²) in [6.45, 7) is 2.77. The Labute approximate surface area is 98.8 Å². The van der Waals surface area contributed by atoms with Crippen LogP contribution >= 0.6 is 11.3 Å². The largest absolute Gasteiger partial charge is 0.396 e. The van der Waals surface area contributed by atoms with Gasteiger partial charge in [0.25, 0.3) is 0 Å². The third-order valence-corrected chi connectivity index (χ3v) is 3.23. The van der Waals surface area contributed by atoms with Gasteiger partial charge in [-0.05, 0) is 13.0 Å². The molecule has 84 valence electrons. The monoisotopic (exact) mass is 234 g/mol. The maximum absolute atomic E-state index is 5.86. The van der Waals surface area contributed by atoms with Crippen molar-refractivity contribution in [1.29, 1.82) is 0 Å². The Morgan fingerprint density at radius 2 is 2.31 bits per heavy atom. The molecule has 0 radical (unpaired) electrons. The number of aryl methyl sites for hydroxylation is 1. The standard InChI is InChI=1S/C11H14N4S/c1-8-7-16-11(14-8)6-15(2)10-3-4-13-5-9(10)12/h3-5,7H,6,12H2,1-2H3. The molecule has 4 nitrogen and oxygen atoms in total. The first-order chi connectivity index (χ1) is 7.66. The van der Waals surface area contributed by atoms with Gasteiger partial charge in [0.05, 0.1) is 24.1 Å². The first-order valence-corrected chi connectivity index (χ1v) is 5.86. The number of nitrogen functional groups attached to an aromatic ring is 1. The van der Waals surface area contributed by atoms with Gasteiger partial charge in [-0.15, -0.1) is 11.3 Å². The molecule has 0 unspecified atom stereocenters. The zero-order valence-corrected chi connectivity index (χ0v) is 10.2. The summed E-state index contributed by atoms with van der Waals surface area (Å²) in [5.41, 5.74) is 8.61. The summed E-state index contributed by atoms with van der Waals surface area (Å²) in [6.07, 6.45) is 3.41. The number of hydrogen-bond donors (Lipinski definition) is 1. The lowest BCUT2D eigenvalue weighted by Crippen LogP contribution is -2.17. The third-order valence-electron chi connectivity index (χ3n) is 2.28. The van der Waals surface area contributed by atoms with Crippen LogP contribution in [0, 0.1) is 6.92 Å². The van der Waals surface area contributed by atoms with E-state index in [-0.39, 0.29) is 0 Å². The van der Waals surface area contributed by atoms with E-state index in [1.807, 2.05) is 20.0 Å². The number of aromatic nitrogens is 2. The van der Waals surface area contributed by atoms with E-state index in [1.54, 1.807) is 23.7 Å². The zero-order valence-electron chi connectivity index (χ0n) is 9.34. The van der Waals surface area contributed by atoms with Crippen molar-refractivity contribution < 1.29 is 0 Å². The molecule has 0 aromatic carbocycles. The summed E-state index contributed by atoms with van der Waals surface area (Å²) in [6, 6.07) is 1.91. The summed E-state index contributed by atoms with van der Waals surface area (Å²) < 4.78 is 0. The molecule has 2 N–H and O–H groups in total. The molecule has 0 saturated heterocycles. The molecular formula is C11H14N4S. The molecule has 0 amide bonds. The van der Waals surface area contributed by atoms with Crippen LogP contribution in [-0.2, 0) is 6.54 Å². The van der Waals surface area contributed by atoms with Crippen LogP contribution in [0.15, 0.2) is 23.8 Å². The Bertz CT molecular complexity index is 480. The van der Waals surface area contributed by atoms with Crippen molar-refractivity contribution in [3.8, 4) is 0 Å². The van der Waals surface area contributed by atoms with Gasteiger partial charge < -0.3 is 10.6 Å². The van der Waals surface area contributed by atoms with Crippen molar-refractivity contribution >= 4 is 22.7 Å². The lowest BCUT2D eigenvalue weighted by atomic mass is 10.3. The van der Waals surface area contributed by atoms with Crippen LogP contribution in [0.5, 0.6) is 0 Å². The van der Waals surface area contributed by atoms with E-state index in [4.69, 9.17) is 5.73 Å². The van der Waals surface area contributed by atoms with Crippen LogP contribution in [0.1, 0.15) is 10.7 Å². The van der Waals surface area contributed by atoms with Gasteiger partial charge in [0.2, 0.25) is 0 Å². The molecule has 2 aromatic heterocycles. The summed E-state index contributed by atoms with van der Waals surface area (Å²) in [7, 11) is 2.00. The quantitative estimate of drug-likeness (QED) is 0.883. The number of rotatable bonds is 3. The summed E-state index contributed by atoms with van der Waals surface area (Å²) in [5.74, 6) is 0. The second-order valence-electron chi connectivity index (χ2n) is 3.67. The fourth-order valence-corrected chi connectivity index (χ4v) is 2.33. The fourth-order valence-electron chi connectivity index (χ4n) is 1.51. The minimum absolute atomic E-state index is 0.693. The smallest absolute Gasteiger partial charge is 0.112 e. The highest BCUT2D eigenvalue weighted by atomic mass is 32.1. The molecule has 0 atom stereocenters. The van der Waals surface area contributed by atoms with Gasteiger partial charge in [-0.2, -0.15) is 0 Å². The van der Waals surface area contributed by atoms with Crippen molar-refractivity contribution in [3.05, 3.63) is 34.5 Å². The molecule has 0 aliphatic carbocycles. The van der Waals surface area contributed by atoms with Gasteiger partial charge in [-0.25, -0.2) is 4.98 Å². The fraction of sp³-hybridized carbons (Fsp3) is 0.273. The highest BCUT2D eigenvalue weighted by Gasteiger charge is 2.07. The van der Waals surface area contributed by atoms with E-state index in [0.717, 1.165) is 22.9 Å². The Morgan fingerprint density at radius 1 is 1.50 bits per heavy atom. The molecule has 16 heavy (non-hydrogen) atoms. The molecule has 0 spiro atoms. The maximum atomic E-state index is 5.86. The van der Waals surface area contributed by atoms with E-state index in [9.17, 15) is 0 Å². The minimum atomic E-state index is 0.693. The average molecular weight is 234 g/mol. The van der Waals surface area contributed by atoms with Gasteiger partial charge in [-0.1, -0.05) is 0 Å². The van der Waals surface area contributed by atoms with Gasteiger partial charge in [0.15, 0.2) is 0 Å². The van der Waals surface area contributed by atoms with E-state index < -0.39 is 0 Å². The molecule has 0 fully saturated rings. The SMILES string of the molecule is Cc1csc(CN(C)c2ccncc2N)n1. The van der Waals surface area contributed by atoms with Crippen molar-refractivity contribution in [2.24, 2.45) is 0 Å². The lowest BCUT2D eigenvalue weighted by Gasteiger charge is -2.19. The number of hydrogen-bond acceptors (Lipinski definition) is 5. The molecule has 0 aliphatic heterocycles. The number of pyridine rings is 1. The van der Waals surface area contributed by atoms with Gasteiger partial charge in [-0.3, -0.25) is 4.98 Å². The Hall–Kier alpha value is -1.62. The van der Waals surface area contributed by atoms with Gasteiger partial charge in [0, 0.05) is 24.3 Å². The molecule has 0 bridgehead atoms. The Kier molecular flexibility index (Phi) is 3.05. The molecule has 2 rings (SSSR count). The van der Waals surface area contributed by atoms with Crippen LogP contribution in [0.3, 0.4) is 0 Å². The Balaban J connectivity index is 2.14. The number of anilines is 2. The molecule has 5 heteroatoms. The number of thiazole rings is 1. The van der Waals surface area contributed by atoms with Crippen molar-refractivity contribution in [3.63, 3.8) is 0 Å². The normalized spacial score (nSPS) is 10.4. The van der Waals surface area contributed by atoms with E-state index in [1.165, 1.54) is 0 Å². The van der Waals surface area contributed by atoms with Crippen LogP contribution in [0.2, 0.25) is 0 Å². The zero-order chi connectivity index (χ0) is 11.5. The highest BCUT2D eigenvalue weighted by molar-refractivity contribution is 7.09. The summed E-state index contributed by atoms with van der Waals surface area (Å²) >= 11 is 1.67. The first kappa shape index (κ1) is 10.9. The van der Waals surface area contributed by atoms with Crippen molar-refractivity contribution in [2.75, 3.05) is 17.7 Å². The Morgan fingerprint density at radius 3 is 2.94 bits per heavy atom. The van der Waals surface area contributed by atoms with E-state index in [0.29, 0.717) is 5.69 Å². The molecular weight excluding hydrogens is 220 g/mol. The maximum Gasteiger partial charge on any atom is 0.112 e. The molecule has 0 saturated carbocycles. The molecule has 0 aliphatic rings. The predicted molar refractivity (Wildman–Crippen MR) is 67.6 cm³/mol. The van der Waals surface area contributed by atoms with Crippen LogP contribution in [0.25, 0.3) is 0 Å². The average Bonchev–Trinajstić information content (AvgIpc) is 2.64. The molecule has 2 heterocycles. The minimum Gasteiger partial charge on any atom is -0.396 e. The summed E-state index contributed by atoms with van der Waals surface area (Å²) in [4.78, 5) is 10.5. The van der Waals surface area contributed by atoms with E-state index >= 15 is 0 Å². The van der Waals surface area contributed by atoms with E-state index in [2.05, 4.69) is 20.2 Å². The van der Waals surface area contributed by atoms with Gasteiger partial charge >= 0.3 is 0 Å². The highest BCUT2D eigenvalue weighted by Crippen LogP contribution is 2.22. The van der Waals surface area contributed by atoms with Crippen LogP contribution in [-0.4, -0.2) is 17.0 Å². The third kappa shape index (κ3) is 2.30. The molecule has 2 aromatic rings. The number of nitrogens with zero attached hydrogens (tertiary/aromatic N) is 3. The second kappa shape index (κ2) is 4.49. The number of nitrogens with two attached hydrogens (primary N) is 1. The van der Waals surface area contributed by atoms with Gasteiger partial charge in [0.1, 0.15) is 5.01 Å². The van der Waals surface area contributed by atoms with Crippen molar-refractivity contribution in [1.82, 2.24) is 9.97 Å². The first-order valence-electron chi connectivity index (χ1n) is 4.98. The van der Waals surface area contributed by atoms with Crippen LogP contribution in [0.4, 0.5) is 11.4 Å². The predicted octanol–water partition coefficient (Wildman–Crippen LogP) is 2.07. The van der Waals surface area contributed by atoms with Crippen molar-refractivity contribution in [2.45, 2.75) is 13.5 Å². The summed E-state index contributed by atoms with van der Waals surface area (Å²) in [5, 5.41) is 3.15. The topological polar surface area (TPSA) is 55.0 Å². The van der Waals surface area contributed by atoms with Crippen LogP contribution < -0.4 is 10.6 Å².